The molecule has 1 aromatic heterocycles. The van der Waals surface area contributed by atoms with Gasteiger partial charge in [-0.25, -0.2) is 4.79 Å². The van der Waals surface area contributed by atoms with Gasteiger partial charge in [-0.15, -0.1) is 0 Å². The molecule has 9 fully saturated rings. The Balaban J connectivity index is 0.918. The van der Waals surface area contributed by atoms with Gasteiger partial charge in [0.25, 0.3) is 0 Å². The van der Waals surface area contributed by atoms with Gasteiger partial charge in [-0.05, 0) is 107 Å². The maximum Gasteiger partial charge on any atom is 0.339 e. The van der Waals surface area contributed by atoms with Gasteiger partial charge in [-0.2, -0.15) is 0 Å². The Kier molecular flexibility index (Phi) is 6.84. The van der Waals surface area contributed by atoms with E-state index in [9.17, 15) is 19.8 Å². The van der Waals surface area contributed by atoms with Crippen molar-refractivity contribution >= 4 is 17.7 Å². The van der Waals surface area contributed by atoms with Crippen molar-refractivity contribution in [1.82, 2.24) is 10.2 Å². The highest BCUT2D eigenvalue weighted by molar-refractivity contribution is 5.97. The summed E-state index contributed by atoms with van der Waals surface area (Å²) in [4.78, 5) is 44.7. The van der Waals surface area contributed by atoms with Crippen molar-refractivity contribution in [3.05, 3.63) is 48.1 Å². The fourth-order valence-electron chi connectivity index (χ4n) is 16.4. The molecular formula is C44H54N2O10. The molecule has 0 unspecified atom stereocenters. The van der Waals surface area contributed by atoms with Gasteiger partial charge in [0.05, 0.1) is 48.0 Å². The van der Waals surface area contributed by atoms with Gasteiger partial charge < -0.3 is 38.5 Å². The predicted molar refractivity (Wildman–Crippen MR) is 196 cm³/mol. The lowest BCUT2D eigenvalue weighted by Gasteiger charge is -2.68. The molecule has 1 aromatic rings. The molecule has 6 aliphatic carbocycles. The van der Waals surface area contributed by atoms with Crippen LogP contribution in [0.3, 0.4) is 0 Å². The molecule has 56 heavy (non-hydrogen) atoms. The lowest BCUT2D eigenvalue weighted by Crippen LogP contribution is -2.79. The van der Waals surface area contributed by atoms with Crippen molar-refractivity contribution in [2.24, 2.45) is 57.2 Å². The molecular weight excluding hydrogens is 716 g/mol. The highest BCUT2D eigenvalue weighted by Crippen LogP contribution is 2.84. The SMILES string of the molecule is CC1(C)O[C@H]2CC(=O)OC[C@]23[C@H]2CC[C@@]4(C)[C@H](c5ccoc5C[C@H]5[C@H]6C[C@H]7C=CN8CNC[C@H]8[C@@H]7C[C@H]6CC[C@@H]5O)OC(=O)[C@H]5O[C@]54[C@@]24CC=C[C@@]13C(=O)[C@H]4O. The third-order valence-corrected chi connectivity index (χ3v) is 18.6. The normalized spacial score (nSPS) is 53.9. The smallest absolute Gasteiger partial charge is 0.339 e. The van der Waals surface area contributed by atoms with Crippen LogP contribution >= 0.6 is 0 Å². The topological polar surface area (TPSA) is 160 Å². The van der Waals surface area contributed by atoms with E-state index in [-0.39, 0.29) is 36.6 Å². The van der Waals surface area contributed by atoms with E-state index in [0.29, 0.717) is 55.4 Å². The number of cyclic esters (lactones) is 2. The molecule has 3 N–H and O–H groups in total. The first-order valence-electron chi connectivity index (χ1n) is 21.4. The number of carbonyl (C=O) groups is 3. The van der Waals surface area contributed by atoms with E-state index in [0.717, 1.165) is 43.8 Å². The minimum absolute atomic E-state index is 0.00159. The summed E-state index contributed by atoms with van der Waals surface area (Å²) in [7, 11) is 0. The van der Waals surface area contributed by atoms with Crippen LogP contribution in [0.4, 0.5) is 0 Å². The summed E-state index contributed by atoms with van der Waals surface area (Å²) in [5, 5.41) is 28.0. The van der Waals surface area contributed by atoms with E-state index in [1.165, 1.54) is 6.42 Å². The number of ether oxygens (including phenoxy) is 4. The van der Waals surface area contributed by atoms with Gasteiger partial charge in [-0.1, -0.05) is 25.2 Å². The van der Waals surface area contributed by atoms with E-state index >= 15 is 4.79 Å². The van der Waals surface area contributed by atoms with Crippen molar-refractivity contribution in [3.63, 3.8) is 0 Å². The first-order valence-corrected chi connectivity index (χ1v) is 21.4. The maximum atomic E-state index is 15.2. The highest BCUT2D eigenvalue weighted by Gasteiger charge is 2.94. The molecule has 0 radical (unpaired) electrons. The van der Waals surface area contributed by atoms with Crippen molar-refractivity contribution in [1.29, 1.82) is 0 Å². The van der Waals surface area contributed by atoms with E-state index in [4.69, 9.17) is 23.4 Å². The highest BCUT2D eigenvalue weighted by atomic mass is 16.7. The summed E-state index contributed by atoms with van der Waals surface area (Å²) < 4.78 is 32.2. The third kappa shape index (κ3) is 3.72. The van der Waals surface area contributed by atoms with Crippen molar-refractivity contribution in [3.8, 4) is 0 Å². The number of fused-ring (bicyclic) bond motifs is 6. The monoisotopic (exact) mass is 770 g/mol. The molecule has 4 saturated carbocycles. The summed E-state index contributed by atoms with van der Waals surface area (Å²) in [6.45, 7) is 7.84. The fourth-order valence-corrected chi connectivity index (χ4v) is 16.4. The van der Waals surface area contributed by atoms with Crippen molar-refractivity contribution < 1.29 is 48.0 Å². The third-order valence-electron chi connectivity index (χ3n) is 18.6. The second kappa shape index (κ2) is 11.0. The van der Waals surface area contributed by atoms with E-state index in [2.05, 4.69) is 29.4 Å². The zero-order valence-corrected chi connectivity index (χ0v) is 32.5. The van der Waals surface area contributed by atoms with Gasteiger partial charge in [-0.3, -0.25) is 14.9 Å². The largest absolute Gasteiger partial charge is 0.469 e. The predicted octanol–water partition coefficient (Wildman–Crippen LogP) is 3.75. The molecule has 13 rings (SSSR count). The molecule has 17 atom stereocenters. The number of aliphatic hydroxyl groups excluding tert-OH is 2. The Labute approximate surface area is 326 Å². The molecule has 2 bridgehead atoms. The Morgan fingerprint density at radius 1 is 1.00 bits per heavy atom. The molecule has 12 heteroatoms. The van der Waals surface area contributed by atoms with Crippen molar-refractivity contribution in [2.45, 2.75) is 126 Å². The number of carbonyl (C=O) groups excluding carboxylic acids is 3. The van der Waals surface area contributed by atoms with Gasteiger partial charge in [0, 0.05) is 35.4 Å². The lowest BCUT2D eigenvalue weighted by molar-refractivity contribution is -0.262. The average Bonchev–Trinajstić information content (AvgIpc) is 3.49. The molecule has 7 heterocycles. The van der Waals surface area contributed by atoms with Crippen LogP contribution in [0.5, 0.6) is 0 Å². The Bertz CT molecular complexity index is 1990. The number of rotatable bonds is 3. The molecule has 6 aliphatic heterocycles. The molecule has 4 spiro atoms. The van der Waals surface area contributed by atoms with Crippen LogP contribution < -0.4 is 5.32 Å². The number of esters is 2. The van der Waals surface area contributed by atoms with Crippen LogP contribution in [-0.2, 0) is 39.8 Å². The van der Waals surface area contributed by atoms with Crippen LogP contribution in [0.25, 0.3) is 0 Å². The lowest BCUT2D eigenvalue weighted by atomic mass is 9.33. The zero-order valence-electron chi connectivity index (χ0n) is 32.5. The first kappa shape index (κ1) is 35.0. The van der Waals surface area contributed by atoms with E-state index in [1.807, 2.05) is 32.1 Å². The molecule has 300 valence electrons. The molecule has 5 saturated heterocycles. The standard InChI is InChI=1S/C44H54N2O10/c1-39(2)43-11-4-10-41(34(49)35(43)50)31(42(43)20-53-33(48)18-32(42)55-39)7-12-40(3)36(54-38(51)37-44(40,41)56-37)24-9-14-52-30(24)17-27-25-15-23-8-13-46-21-45-19-28(46)26(23)16-22(25)5-6-29(27)47/h4,8-9,11,13-14,22-23,25-29,31-32,34,36-37,45,47,49H,5-7,10,12,15-21H2,1-3H3/t22-,23-,25+,26-,27+,28+,29+,31+,32+,34-,36+,37-,40+,41+,42+,43-,44-/m1/s1. The first-order chi connectivity index (χ1) is 26.8. The molecule has 12 nitrogen and oxygen atoms in total. The van der Waals surface area contributed by atoms with Gasteiger partial charge in [0.1, 0.15) is 30.2 Å². The van der Waals surface area contributed by atoms with Crippen LogP contribution in [0.15, 0.2) is 41.2 Å². The van der Waals surface area contributed by atoms with E-state index < -0.39 is 69.4 Å². The Hall–Kier alpha value is -3.03. The fraction of sp³-hybridized carbons (Fsp3) is 0.750. The average molecular weight is 771 g/mol. The number of nitrogens with one attached hydrogen (secondary N) is 1. The molecule has 0 aromatic carbocycles. The van der Waals surface area contributed by atoms with Gasteiger partial charge in [0.15, 0.2) is 11.9 Å². The van der Waals surface area contributed by atoms with Crippen LogP contribution in [0.2, 0.25) is 0 Å². The minimum atomic E-state index is -1.45. The van der Waals surface area contributed by atoms with Gasteiger partial charge in [0.2, 0.25) is 0 Å². The number of Topliss-reactive ketones (excluding diaryl/α,β-unsaturated/α-hetero) is 1. The summed E-state index contributed by atoms with van der Waals surface area (Å²) in [5.74, 6) is 1.16. The Morgan fingerprint density at radius 3 is 2.71 bits per heavy atom. The number of hydrogen-bond acceptors (Lipinski definition) is 12. The quantitative estimate of drug-likeness (QED) is 0.233. The summed E-state index contributed by atoms with van der Waals surface area (Å²) >= 11 is 0. The second-order valence-corrected chi connectivity index (χ2v) is 20.4. The summed E-state index contributed by atoms with van der Waals surface area (Å²) in [6.07, 6.45) is 12.2. The van der Waals surface area contributed by atoms with E-state index in [1.54, 1.807) is 6.26 Å². The number of ketones is 1. The Morgan fingerprint density at radius 2 is 1.86 bits per heavy atom. The number of hydrogen-bond donors (Lipinski definition) is 3. The van der Waals surface area contributed by atoms with Crippen LogP contribution in [-0.4, -0.2) is 94.3 Å². The second-order valence-electron chi connectivity index (χ2n) is 20.4. The molecule has 12 aliphatic rings. The number of epoxide rings is 1. The van der Waals surface area contributed by atoms with Crippen molar-refractivity contribution in [2.75, 3.05) is 19.8 Å². The minimum Gasteiger partial charge on any atom is -0.469 e. The number of allylic oxidation sites excluding steroid dienone is 2. The van der Waals surface area contributed by atoms with Gasteiger partial charge >= 0.3 is 11.9 Å². The summed E-state index contributed by atoms with van der Waals surface area (Å²) in [6, 6.07) is 2.45. The number of nitrogens with zero attached hydrogens (tertiary/aromatic N) is 1. The van der Waals surface area contributed by atoms with Crippen LogP contribution in [0, 0.1) is 57.2 Å². The van der Waals surface area contributed by atoms with Crippen LogP contribution in [0.1, 0.15) is 89.6 Å². The zero-order chi connectivity index (χ0) is 38.4. The maximum absolute atomic E-state index is 15.2. The molecule has 0 amide bonds. The number of aliphatic hydroxyl groups is 2. The summed E-state index contributed by atoms with van der Waals surface area (Å²) in [5.41, 5.74) is -5.67. The number of furan rings is 1.